The molecule has 2 amide bonds. The first kappa shape index (κ1) is 19.8. The average Bonchev–Trinajstić information content (AvgIpc) is 3.09. The molecule has 0 saturated carbocycles. The van der Waals surface area contributed by atoms with Gasteiger partial charge in [-0.1, -0.05) is 6.07 Å². The molecule has 1 heterocycles. The first-order valence-electron chi connectivity index (χ1n) is 8.00. The predicted octanol–water partition coefficient (Wildman–Crippen LogP) is 0.487. The van der Waals surface area contributed by atoms with Crippen molar-refractivity contribution in [3.63, 3.8) is 0 Å². The van der Waals surface area contributed by atoms with Gasteiger partial charge in [-0.3, -0.25) is 19.7 Å². The van der Waals surface area contributed by atoms with Gasteiger partial charge in [0.2, 0.25) is 5.91 Å². The Bertz CT molecular complexity index is 790. The first-order chi connectivity index (χ1) is 12.6. The summed E-state index contributed by atoms with van der Waals surface area (Å²) in [6, 6.07) is 0.956. The summed E-state index contributed by atoms with van der Waals surface area (Å²) < 4.78 is 0. The Morgan fingerprint density at radius 2 is 1.96 bits per heavy atom. The van der Waals surface area contributed by atoms with Gasteiger partial charge in [0.1, 0.15) is 17.6 Å². The lowest BCUT2D eigenvalue weighted by atomic mass is 10.0. The van der Waals surface area contributed by atoms with E-state index in [0.29, 0.717) is 6.42 Å². The van der Waals surface area contributed by atoms with Crippen LogP contribution in [0.4, 0.5) is 5.69 Å². The summed E-state index contributed by atoms with van der Waals surface area (Å²) in [6.45, 7) is 1.51. The molecule has 11 nitrogen and oxygen atoms in total. The number of hydrogen-bond donors (Lipinski definition) is 3. The van der Waals surface area contributed by atoms with Crippen molar-refractivity contribution >= 4 is 29.4 Å². The molecule has 1 aliphatic heterocycles. The molecule has 1 aromatic rings. The molecule has 0 aromatic heterocycles. The molecule has 27 heavy (non-hydrogen) atoms. The number of carbonyl (C=O) groups is 4. The number of aromatic carboxylic acids is 1. The lowest BCUT2D eigenvalue weighted by Crippen LogP contribution is -2.50. The Balaban J connectivity index is 2.27. The molecule has 11 heteroatoms. The normalized spacial score (nSPS) is 17.2. The second kappa shape index (κ2) is 7.81. The van der Waals surface area contributed by atoms with Crippen LogP contribution in [-0.4, -0.2) is 62.4 Å². The highest BCUT2D eigenvalue weighted by Gasteiger charge is 2.37. The first-order valence-corrected chi connectivity index (χ1v) is 8.00. The number of benzene rings is 1. The second-order valence-corrected chi connectivity index (χ2v) is 5.99. The highest BCUT2D eigenvalue weighted by atomic mass is 16.6. The number of rotatable bonds is 6. The fourth-order valence-electron chi connectivity index (χ4n) is 2.98. The smallest absolute Gasteiger partial charge is 0.336 e. The number of nitro groups is 1. The van der Waals surface area contributed by atoms with E-state index in [9.17, 15) is 34.4 Å². The predicted molar refractivity (Wildman–Crippen MR) is 89.4 cm³/mol. The van der Waals surface area contributed by atoms with E-state index in [1.165, 1.54) is 6.92 Å². The summed E-state index contributed by atoms with van der Waals surface area (Å²) >= 11 is 0. The van der Waals surface area contributed by atoms with Crippen molar-refractivity contribution in [1.82, 2.24) is 10.2 Å². The molecule has 144 valence electrons. The number of hydrogen-bond acceptors (Lipinski definition) is 6. The lowest BCUT2D eigenvalue weighted by molar-refractivity contribution is -0.385. The minimum atomic E-state index is -1.53. The molecule has 2 rings (SSSR count). The number of carboxylic acids is 2. The summed E-state index contributed by atoms with van der Waals surface area (Å²) in [5.74, 6) is -4.46. The van der Waals surface area contributed by atoms with Crippen LogP contribution in [-0.2, 0) is 9.59 Å². The van der Waals surface area contributed by atoms with Crippen molar-refractivity contribution in [2.45, 2.75) is 31.8 Å². The minimum Gasteiger partial charge on any atom is -0.480 e. The summed E-state index contributed by atoms with van der Waals surface area (Å²) in [5.41, 5.74) is -1.96. The highest BCUT2D eigenvalue weighted by molar-refractivity contribution is 6.08. The molecule has 0 spiro atoms. The van der Waals surface area contributed by atoms with E-state index in [1.54, 1.807) is 0 Å². The fourth-order valence-corrected chi connectivity index (χ4v) is 2.98. The number of nitrogens with one attached hydrogen (secondary N) is 1. The number of carboxylic acid groups (broad SMARTS) is 2. The van der Waals surface area contributed by atoms with Gasteiger partial charge in [-0.05, 0) is 25.8 Å². The molecular weight excluding hydrogens is 362 g/mol. The van der Waals surface area contributed by atoms with Crippen LogP contribution in [0.5, 0.6) is 0 Å². The number of nitro benzene ring substituents is 1. The van der Waals surface area contributed by atoms with Crippen molar-refractivity contribution in [3.8, 4) is 0 Å². The number of nitrogens with zero attached hydrogens (tertiary/aromatic N) is 2. The van der Waals surface area contributed by atoms with Crippen molar-refractivity contribution in [1.29, 1.82) is 0 Å². The zero-order chi connectivity index (χ0) is 20.3. The van der Waals surface area contributed by atoms with Gasteiger partial charge >= 0.3 is 11.9 Å². The van der Waals surface area contributed by atoms with Gasteiger partial charge in [0.05, 0.1) is 10.5 Å². The second-order valence-electron chi connectivity index (χ2n) is 5.99. The molecule has 2 atom stereocenters. The Morgan fingerprint density at radius 1 is 1.30 bits per heavy atom. The van der Waals surface area contributed by atoms with Crippen LogP contribution in [0.1, 0.15) is 40.5 Å². The van der Waals surface area contributed by atoms with Gasteiger partial charge in [-0.25, -0.2) is 9.59 Å². The third-order valence-corrected chi connectivity index (χ3v) is 4.24. The van der Waals surface area contributed by atoms with E-state index in [2.05, 4.69) is 5.32 Å². The molecule has 0 bridgehead atoms. The van der Waals surface area contributed by atoms with E-state index in [0.717, 1.165) is 23.1 Å². The summed E-state index contributed by atoms with van der Waals surface area (Å²) in [7, 11) is 0. The molecule has 1 fully saturated rings. The van der Waals surface area contributed by atoms with Crippen molar-refractivity contribution in [3.05, 3.63) is 39.4 Å². The maximum Gasteiger partial charge on any atom is 0.336 e. The third kappa shape index (κ3) is 4.02. The summed E-state index contributed by atoms with van der Waals surface area (Å²) in [4.78, 5) is 58.8. The monoisotopic (exact) mass is 379 g/mol. The molecular formula is C16H17N3O8. The molecule has 0 radical (unpaired) electrons. The lowest BCUT2D eigenvalue weighted by Gasteiger charge is -2.25. The Labute approximate surface area is 152 Å². The van der Waals surface area contributed by atoms with Gasteiger partial charge in [0.15, 0.2) is 0 Å². The largest absolute Gasteiger partial charge is 0.480 e. The van der Waals surface area contributed by atoms with E-state index in [1.807, 2.05) is 0 Å². The van der Waals surface area contributed by atoms with Crippen LogP contribution in [0.25, 0.3) is 0 Å². The number of likely N-dealkylation sites (tertiary alicyclic amines) is 1. The van der Waals surface area contributed by atoms with Crippen LogP contribution < -0.4 is 5.32 Å². The van der Waals surface area contributed by atoms with E-state index >= 15 is 0 Å². The van der Waals surface area contributed by atoms with Crippen LogP contribution >= 0.6 is 0 Å². The Kier molecular flexibility index (Phi) is 5.73. The van der Waals surface area contributed by atoms with Gasteiger partial charge < -0.3 is 20.4 Å². The molecule has 3 N–H and O–H groups in total. The standard InChI is InChI=1S/C16H17N3O8/c1-8(14(21)18-7-3-6-11(18)16(24)25)17-13(20)12-9(15(22)23)4-2-5-10(12)19(26)27/h2,4-5,8,11H,3,6-7H2,1H3,(H,17,20)(H,22,23)(H,24,25)/t8-,11-/m0/s1. The number of carbonyl (C=O) groups excluding carboxylic acids is 2. The van der Waals surface area contributed by atoms with Crippen LogP contribution in [0.3, 0.4) is 0 Å². The maximum absolute atomic E-state index is 12.5. The van der Waals surface area contributed by atoms with E-state index < -0.39 is 57.6 Å². The van der Waals surface area contributed by atoms with Gasteiger partial charge in [-0.2, -0.15) is 0 Å². The molecule has 1 aliphatic rings. The SMILES string of the molecule is C[C@H](NC(=O)c1c(C(=O)O)cccc1[N+](=O)[O-])C(=O)N1CCC[C@H]1C(=O)O. The summed E-state index contributed by atoms with van der Waals surface area (Å²) in [5, 5.41) is 31.7. The molecule has 1 saturated heterocycles. The van der Waals surface area contributed by atoms with Crippen LogP contribution in [0.2, 0.25) is 0 Å². The quantitative estimate of drug-likeness (QED) is 0.474. The molecule has 0 aliphatic carbocycles. The fraction of sp³-hybridized carbons (Fsp3) is 0.375. The van der Waals surface area contributed by atoms with Gasteiger partial charge in [-0.15, -0.1) is 0 Å². The van der Waals surface area contributed by atoms with Crippen molar-refractivity contribution in [2.24, 2.45) is 0 Å². The molecule has 1 aromatic carbocycles. The third-order valence-electron chi connectivity index (χ3n) is 4.24. The zero-order valence-corrected chi connectivity index (χ0v) is 14.2. The zero-order valence-electron chi connectivity index (χ0n) is 14.2. The van der Waals surface area contributed by atoms with E-state index in [-0.39, 0.29) is 13.0 Å². The highest BCUT2D eigenvalue weighted by Crippen LogP contribution is 2.23. The Hall–Kier alpha value is -3.50. The van der Waals surface area contributed by atoms with Crippen LogP contribution in [0.15, 0.2) is 18.2 Å². The number of amides is 2. The minimum absolute atomic E-state index is 0.210. The van der Waals surface area contributed by atoms with Crippen molar-refractivity contribution in [2.75, 3.05) is 6.54 Å². The summed E-state index contributed by atoms with van der Waals surface area (Å²) in [6.07, 6.45) is 0.783. The topological polar surface area (TPSA) is 167 Å². The van der Waals surface area contributed by atoms with Gasteiger partial charge in [0.25, 0.3) is 11.6 Å². The van der Waals surface area contributed by atoms with Gasteiger partial charge in [0, 0.05) is 12.6 Å². The maximum atomic E-state index is 12.5. The molecule has 0 unspecified atom stereocenters. The van der Waals surface area contributed by atoms with E-state index in [4.69, 9.17) is 5.11 Å². The number of aliphatic carboxylic acids is 1. The Morgan fingerprint density at radius 3 is 2.52 bits per heavy atom. The average molecular weight is 379 g/mol. The van der Waals surface area contributed by atoms with Crippen molar-refractivity contribution < 1.29 is 34.3 Å². The van der Waals surface area contributed by atoms with Crippen LogP contribution in [0, 0.1) is 10.1 Å².